The molecule has 0 saturated carbocycles. The Kier molecular flexibility index (Phi) is 2.80. The van der Waals surface area contributed by atoms with Crippen LogP contribution in [-0.2, 0) is 12.7 Å². The molecule has 1 nitrogen and oxygen atoms in total. The topological polar surface area (TPSA) is 26.0 Å². The monoisotopic (exact) mass is 207 g/mol. The highest BCUT2D eigenvalue weighted by atomic mass is 19.4. The van der Waals surface area contributed by atoms with Crippen molar-refractivity contribution < 1.29 is 17.6 Å². The predicted molar refractivity (Wildman–Crippen MR) is 44.0 cm³/mol. The van der Waals surface area contributed by atoms with Crippen molar-refractivity contribution in [3.8, 4) is 0 Å². The third-order valence-corrected chi connectivity index (χ3v) is 1.95. The Morgan fingerprint density at radius 2 is 1.86 bits per heavy atom. The first-order chi connectivity index (χ1) is 6.36. The predicted octanol–water partition coefficient (Wildman–Crippen LogP) is 2.61. The van der Waals surface area contributed by atoms with Crippen molar-refractivity contribution in [1.82, 2.24) is 0 Å². The molecule has 0 aliphatic heterocycles. The van der Waals surface area contributed by atoms with Crippen LogP contribution in [0.3, 0.4) is 0 Å². The Morgan fingerprint density at radius 3 is 2.21 bits per heavy atom. The van der Waals surface area contributed by atoms with E-state index in [-0.39, 0.29) is 17.7 Å². The fraction of sp³-hybridized carbons (Fsp3) is 0.333. The number of hydrogen-bond acceptors (Lipinski definition) is 1. The molecule has 0 heterocycles. The molecule has 0 atom stereocenters. The van der Waals surface area contributed by atoms with Gasteiger partial charge in [-0.15, -0.1) is 0 Å². The van der Waals surface area contributed by atoms with E-state index in [1.54, 1.807) is 0 Å². The maximum Gasteiger partial charge on any atom is 0.416 e. The summed E-state index contributed by atoms with van der Waals surface area (Å²) in [5.41, 5.74) is 4.55. The number of hydrogen-bond donors (Lipinski definition) is 1. The van der Waals surface area contributed by atoms with Crippen LogP contribution in [0.4, 0.5) is 17.6 Å². The van der Waals surface area contributed by atoms with E-state index in [0.29, 0.717) is 6.07 Å². The van der Waals surface area contributed by atoms with Gasteiger partial charge in [0.05, 0.1) is 5.56 Å². The summed E-state index contributed by atoms with van der Waals surface area (Å²) in [4.78, 5) is 0. The first-order valence-electron chi connectivity index (χ1n) is 3.92. The lowest BCUT2D eigenvalue weighted by Gasteiger charge is -2.11. The molecule has 1 aromatic rings. The van der Waals surface area contributed by atoms with E-state index < -0.39 is 17.6 Å². The number of rotatable bonds is 1. The fourth-order valence-corrected chi connectivity index (χ4v) is 1.20. The van der Waals surface area contributed by atoms with E-state index in [0.717, 1.165) is 6.07 Å². The smallest absolute Gasteiger partial charge is 0.326 e. The normalized spacial score (nSPS) is 11.9. The van der Waals surface area contributed by atoms with Gasteiger partial charge in [-0.25, -0.2) is 4.39 Å². The summed E-state index contributed by atoms with van der Waals surface area (Å²) in [5.74, 6) is -0.903. The fourth-order valence-electron chi connectivity index (χ4n) is 1.20. The van der Waals surface area contributed by atoms with Crippen LogP contribution in [0, 0.1) is 12.7 Å². The highest BCUT2D eigenvalue weighted by molar-refractivity contribution is 5.33. The molecule has 0 spiro atoms. The highest BCUT2D eigenvalue weighted by Gasteiger charge is 2.31. The molecule has 0 fully saturated rings. The van der Waals surface area contributed by atoms with Crippen molar-refractivity contribution >= 4 is 0 Å². The molecule has 0 aromatic heterocycles. The molecule has 0 unspecified atom stereocenters. The van der Waals surface area contributed by atoms with Crippen LogP contribution in [0.15, 0.2) is 12.1 Å². The van der Waals surface area contributed by atoms with Crippen LogP contribution in [0.2, 0.25) is 0 Å². The second-order valence-electron chi connectivity index (χ2n) is 2.96. The zero-order valence-electron chi connectivity index (χ0n) is 7.45. The second kappa shape index (κ2) is 3.57. The van der Waals surface area contributed by atoms with Crippen LogP contribution in [0.5, 0.6) is 0 Å². The van der Waals surface area contributed by atoms with Crippen molar-refractivity contribution in [3.63, 3.8) is 0 Å². The number of halogens is 4. The van der Waals surface area contributed by atoms with Gasteiger partial charge in [-0.2, -0.15) is 13.2 Å². The molecule has 0 radical (unpaired) electrons. The van der Waals surface area contributed by atoms with Gasteiger partial charge in [-0.05, 0) is 24.6 Å². The lowest BCUT2D eigenvalue weighted by atomic mass is 10.0. The van der Waals surface area contributed by atoms with Gasteiger partial charge in [0, 0.05) is 12.1 Å². The third-order valence-electron chi connectivity index (χ3n) is 1.95. The van der Waals surface area contributed by atoms with Gasteiger partial charge in [-0.1, -0.05) is 0 Å². The SMILES string of the molecule is Cc1cc(C(F)(F)F)cc(F)c1CN. The van der Waals surface area contributed by atoms with Crippen LogP contribution in [0.1, 0.15) is 16.7 Å². The van der Waals surface area contributed by atoms with E-state index in [2.05, 4.69) is 0 Å². The van der Waals surface area contributed by atoms with Crippen molar-refractivity contribution in [2.45, 2.75) is 19.6 Å². The molecule has 0 aliphatic carbocycles. The van der Waals surface area contributed by atoms with E-state index in [1.165, 1.54) is 6.92 Å². The van der Waals surface area contributed by atoms with Gasteiger partial charge in [0.1, 0.15) is 5.82 Å². The van der Waals surface area contributed by atoms with E-state index in [1.807, 2.05) is 0 Å². The zero-order chi connectivity index (χ0) is 10.9. The van der Waals surface area contributed by atoms with E-state index >= 15 is 0 Å². The molecule has 14 heavy (non-hydrogen) atoms. The Labute approximate surface area is 78.5 Å². The lowest BCUT2D eigenvalue weighted by Crippen LogP contribution is -2.09. The molecule has 1 aromatic carbocycles. The van der Waals surface area contributed by atoms with Crippen LogP contribution in [-0.4, -0.2) is 0 Å². The summed E-state index contributed by atoms with van der Waals surface area (Å²) >= 11 is 0. The average molecular weight is 207 g/mol. The molecule has 1 rings (SSSR count). The maximum atomic E-state index is 13.1. The lowest BCUT2D eigenvalue weighted by molar-refractivity contribution is -0.137. The van der Waals surface area contributed by atoms with E-state index in [9.17, 15) is 17.6 Å². The molecule has 5 heteroatoms. The highest BCUT2D eigenvalue weighted by Crippen LogP contribution is 2.31. The molecule has 0 bridgehead atoms. The Hall–Kier alpha value is -1.10. The number of alkyl halides is 3. The minimum absolute atomic E-state index is 0.101. The summed E-state index contributed by atoms with van der Waals surface area (Å²) in [6.45, 7) is 1.30. The van der Waals surface area contributed by atoms with Gasteiger partial charge in [0.25, 0.3) is 0 Å². The van der Waals surface area contributed by atoms with Crippen molar-refractivity contribution in [3.05, 3.63) is 34.6 Å². The number of nitrogens with two attached hydrogens (primary N) is 1. The van der Waals surface area contributed by atoms with Crippen LogP contribution in [0.25, 0.3) is 0 Å². The standard InChI is InChI=1S/C9H9F4N/c1-5-2-6(9(11,12)13)3-8(10)7(5)4-14/h2-3H,4,14H2,1H3. The van der Waals surface area contributed by atoms with Crippen LogP contribution >= 0.6 is 0 Å². The minimum Gasteiger partial charge on any atom is -0.326 e. The molecular formula is C9H9F4N. The van der Waals surface area contributed by atoms with Crippen molar-refractivity contribution in [2.24, 2.45) is 5.73 Å². The first-order valence-corrected chi connectivity index (χ1v) is 3.92. The third kappa shape index (κ3) is 2.04. The summed E-state index contributed by atoms with van der Waals surface area (Å²) in [5, 5.41) is 0. The van der Waals surface area contributed by atoms with Crippen molar-refractivity contribution in [1.29, 1.82) is 0 Å². The molecular weight excluding hydrogens is 198 g/mol. The number of aryl methyl sites for hydroxylation is 1. The summed E-state index contributed by atoms with van der Waals surface area (Å²) < 4.78 is 49.6. The summed E-state index contributed by atoms with van der Waals surface area (Å²) in [6.07, 6.45) is -4.52. The Morgan fingerprint density at radius 1 is 1.29 bits per heavy atom. The summed E-state index contributed by atoms with van der Waals surface area (Å²) in [6, 6.07) is 1.36. The van der Waals surface area contributed by atoms with Crippen molar-refractivity contribution in [2.75, 3.05) is 0 Å². The first kappa shape index (κ1) is 11.0. The van der Waals surface area contributed by atoms with E-state index in [4.69, 9.17) is 5.73 Å². The zero-order valence-corrected chi connectivity index (χ0v) is 7.45. The average Bonchev–Trinajstić information content (AvgIpc) is 2.01. The molecule has 2 N–H and O–H groups in total. The maximum absolute atomic E-state index is 13.1. The second-order valence-corrected chi connectivity index (χ2v) is 2.96. The van der Waals surface area contributed by atoms with Gasteiger partial charge >= 0.3 is 6.18 Å². The van der Waals surface area contributed by atoms with Gasteiger partial charge in [0.2, 0.25) is 0 Å². The van der Waals surface area contributed by atoms with Gasteiger partial charge in [0.15, 0.2) is 0 Å². The number of benzene rings is 1. The van der Waals surface area contributed by atoms with Crippen LogP contribution < -0.4 is 5.73 Å². The molecule has 78 valence electrons. The Balaban J connectivity index is 3.28. The minimum atomic E-state index is -4.52. The quantitative estimate of drug-likeness (QED) is 0.704. The van der Waals surface area contributed by atoms with Gasteiger partial charge < -0.3 is 5.73 Å². The molecule has 0 aliphatic rings. The van der Waals surface area contributed by atoms with Gasteiger partial charge in [-0.3, -0.25) is 0 Å². The largest absolute Gasteiger partial charge is 0.416 e. The molecule has 0 amide bonds. The summed E-state index contributed by atoms with van der Waals surface area (Å²) in [7, 11) is 0. The Bertz CT molecular complexity index is 320. The molecule has 0 saturated heterocycles.